The van der Waals surface area contributed by atoms with Gasteiger partial charge in [-0.2, -0.15) is 0 Å². The van der Waals surface area contributed by atoms with Crippen molar-refractivity contribution in [2.75, 3.05) is 0 Å². The molecular formula is C7H13B. The van der Waals surface area contributed by atoms with Crippen LogP contribution in [-0.4, -0.2) is 7.85 Å². The molecule has 0 aromatic rings. The summed E-state index contributed by atoms with van der Waals surface area (Å²) in [6.07, 6.45) is 5.40. The lowest BCUT2D eigenvalue weighted by Gasteiger charge is -1.91. The Balaban J connectivity index is 3.26. The molecule has 0 amide bonds. The van der Waals surface area contributed by atoms with Crippen LogP contribution < -0.4 is 0 Å². The van der Waals surface area contributed by atoms with Crippen molar-refractivity contribution >= 4 is 7.85 Å². The molecule has 0 bridgehead atoms. The van der Waals surface area contributed by atoms with Crippen molar-refractivity contribution in [1.29, 1.82) is 0 Å². The van der Waals surface area contributed by atoms with Crippen molar-refractivity contribution in [3.8, 4) is 0 Å². The molecule has 1 heteroatoms. The van der Waals surface area contributed by atoms with Crippen LogP contribution in [0.4, 0.5) is 0 Å². The van der Waals surface area contributed by atoms with Gasteiger partial charge in [0.15, 0.2) is 0 Å². The van der Waals surface area contributed by atoms with Crippen LogP contribution in [0.3, 0.4) is 0 Å². The summed E-state index contributed by atoms with van der Waals surface area (Å²) in [5.41, 5.74) is 1.02. The van der Waals surface area contributed by atoms with Gasteiger partial charge in [0.2, 0.25) is 0 Å². The van der Waals surface area contributed by atoms with Crippen LogP contribution in [0.1, 0.15) is 33.1 Å². The highest BCUT2D eigenvalue weighted by Gasteiger charge is 1.79. The van der Waals surface area contributed by atoms with E-state index in [-0.39, 0.29) is 0 Å². The Labute approximate surface area is 53.4 Å². The summed E-state index contributed by atoms with van der Waals surface area (Å²) < 4.78 is 0. The molecule has 0 aromatic carbocycles. The largest absolute Gasteiger partial charge is 0.122 e. The monoisotopic (exact) mass is 108 g/mol. The molecule has 0 atom stereocenters. The molecule has 44 valence electrons. The molecule has 0 aliphatic carbocycles. The molecule has 0 heterocycles. The fourth-order valence-electron chi connectivity index (χ4n) is 0.474. The molecule has 0 aromatic heterocycles. The Kier molecular flexibility index (Phi) is 4.83. The highest BCUT2D eigenvalue weighted by atomic mass is 13.8. The summed E-state index contributed by atoms with van der Waals surface area (Å²) in [6, 6.07) is 0. The zero-order valence-corrected chi connectivity index (χ0v) is 5.78. The van der Waals surface area contributed by atoms with Crippen molar-refractivity contribution in [2.45, 2.75) is 33.1 Å². The lowest BCUT2D eigenvalue weighted by Crippen LogP contribution is -1.76. The highest BCUT2D eigenvalue weighted by Crippen LogP contribution is 1.97. The van der Waals surface area contributed by atoms with Gasteiger partial charge >= 0.3 is 0 Å². The maximum atomic E-state index is 5.52. The van der Waals surface area contributed by atoms with Crippen molar-refractivity contribution < 1.29 is 0 Å². The Morgan fingerprint density at radius 2 is 2.12 bits per heavy atom. The Morgan fingerprint density at radius 1 is 1.50 bits per heavy atom. The molecule has 0 unspecified atom stereocenters. The number of hydrogen-bond donors (Lipinski definition) is 0. The van der Waals surface area contributed by atoms with Gasteiger partial charge in [-0.25, -0.2) is 0 Å². The summed E-state index contributed by atoms with van der Waals surface area (Å²) in [5.74, 6) is 0. The molecule has 0 fully saturated rings. The van der Waals surface area contributed by atoms with E-state index in [0.29, 0.717) is 0 Å². The van der Waals surface area contributed by atoms with Crippen molar-refractivity contribution in [2.24, 2.45) is 0 Å². The van der Waals surface area contributed by atoms with Crippen LogP contribution in [0.25, 0.3) is 0 Å². The summed E-state index contributed by atoms with van der Waals surface area (Å²) in [7, 11) is 5.52. The standard InChI is InChI=1S/C7H13B/c1-3-5-6-7(8)4-2/h6H,3-5H2,1-2H3/b7-6+. The summed E-state index contributed by atoms with van der Waals surface area (Å²) in [5, 5.41) is 0. The van der Waals surface area contributed by atoms with Crippen molar-refractivity contribution in [1.82, 2.24) is 0 Å². The van der Waals surface area contributed by atoms with Crippen molar-refractivity contribution in [3.63, 3.8) is 0 Å². The lowest BCUT2D eigenvalue weighted by molar-refractivity contribution is 0.948. The van der Waals surface area contributed by atoms with Crippen LogP contribution in [0.5, 0.6) is 0 Å². The van der Waals surface area contributed by atoms with E-state index in [2.05, 4.69) is 19.9 Å². The third-order valence-corrected chi connectivity index (χ3v) is 1.10. The maximum absolute atomic E-state index is 5.52. The average Bonchev–Trinajstić information content (AvgIpc) is 1.83. The quantitative estimate of drug-likeness (QED) is 0.486. The fraction of sp³-hybridized carbons (Fsp3) is 0.714. The van der Waals surface area contributed by atoms with E-state index in [9.17, 15) is 0 Å². The van der Waals surface area contributed by atoms with E-state index in [4.69, 9.17) is 7.85 Å². The number of unbranched alkanes of at least 4 members (excludes halogenated alkanes) is 1. The minimum Gasteiger partial charge on any atom is -0.122 e. The molecule has 0 rings (SSSR count). The Hall–Kier alpha value is -0.195. The smallest absolute Gasteiger partial charge is 0.107 e. The zero-order valence-electron chi connectivity index (χ0n) is 5.78. The van der Waals surface area contributed by atoms with E-state index >= 15 is 0 Å². The first-order chi connectivity index (χ1) is 3.81. The predicted molar refractivity (Wildman–Crippen MR) is 39.0 cm³/mol. The van der Waals surface area contributed by atoms with Gasteiger partial charge < -0.3 is 0 Å². The number of allylic oxidation sites excluding steroid dienone is 2. The minimum atomic E-state index is 0.986. The molecule has 0 spiro atoms. The predicted octanol–water partition coefficient (Wildman–Crippen LogP) is 2.25. The van der Waals surface area contributed by atoms with Crippen LogP contribution in [0.2, 0.25) is 0 Å². The molecule has 8 heavy (non-hydrogen) atoms. The summed E-state index contributed by atoms with van der Waals surface area (Å²) in [4.78, 5) is 0. The van der Waals surface area contributed by atoms with E-state index in [1.165, 1.54) is 6.42 Å². The van der Waals surface area contributed by atoms with Crippen LogP contribution in [0.15, 0.2) is 11.5 Å². The first kappa shape index (κ1) is 7.80. The molecule has 0 saturated heterocycles. The summed E-state index contributed by atoms with van der Waals surface area (Å²) in [6.45, 7) is 4.22. The highest BCUT2D eigenvalue weighted by molar-refractivity contribution is 6.21. The van der Waals surface area contributed by atoms with Gasteiger partial charge in [0, 0.05) is 0 Å². The second-order valence-electron chi connectivity index (χ2n) is 1.92. The van der Waals surface area contributed by atoms with Crippen molar-refractivity contribution in [3.05, 3.63) is 11.5 Å². The Morgan fingerprint density at radius 3 is 2.50 bits per heavy atom. The molecule has 0 nitrogen and oxygen atoms in total. The number of hydrogen-bond acceptors (Lipinski definition) is 0. The molecule has 0 saturated carbocycles. The molecule has 0 aliphatic heterocycles. The van der Waals surface area contributed by atoms with Gasteiger partial charge in [0.05, 0.1) is 0 Å². The van der Waals surface area contributed by atoms with Gasteiger partial charge in [-0.3, -0.25) is 0 Å². The lowest BCUT2D eigenvalue weighted by atomic mass is 9.92. The third-order valence-electron chi connectivity index (χ3n) is 1.10. The van der Waals surface area contributed by atoms with E-state index in [1.54, 1.807) is 0 Å². The SMILES string of the molecule is [B]/C(=C/CCC)CC. The second-order valence-corrected chi connectivity index (χ2v) is 1.92. The first-order valence-corrected chi connectivity index (χ1v) is 3.25. The average molecular weight is 108 g/mol. The maximum Gasteiger partial charge on any atom is 0.107 e. The fourth-order valence-corrected chi connectivity index (χ4v) is 0.474. The zero-order chi connectivity index (χ0) is 6.41. The van der Waals surface area contributed by atoms with Crippen LogP contribution in [0, 0.1) is 0 Å². The molecule has 0 N–H and O–H groups in total. The van der Waals surface area contributed by atoms with E-state index in [0.717, 1.165) is 18.3 Å². The topological polar surface area (TPSA) is 0 Å². The van der Waals surface area contributed by atoms with E-state index < -0.39 is 0 Å². The van der Waals surface area contributed by atoms with Gasteiger partial charge in [-0.1, -0.05) is 26.3 Å². The van der Waals surface area contributed by atoms with Crippen LogP contribution >= 0.6 is 0 Å². The van der Waals surface area contributed by atoms with Crippen LogP contribution in [-0.2, 0) is 0 Å². The Bertz CT molecular complexity index is 74.5. The van der Waals surface area contributed by atoms with Gasteiger partial charge in [-0.05, 0) is 12.8 Å². The van der Waals surface area contributed by atoms with Gasteiger partial charge in [0.1, 0.15) is 7.85 Å². The second kappa shape index (κ2) is 4.95. The first-order valence-electron chi connectivity index (χ1n) is 3.25. The summed E-state index contributed by atoms with van der Waals surface area (Å²) >= 11 is 0. The van der Waals surface area contributed by atoms with Gasteiger partial charge in [0.25, 0.3) is 0 Å². The normalized spacial score (nSPS) is 12.0. The third kappa shape index (κ3) is 3.98. The van der Waals surface area contributed by atoms with E-state index in [1.807, 2.05) is 0 Å². The molecule has 0 aliphatic rings. The number of rotatable bonds is 3. The van der Waals surface area contributed by atoms with Gasteiger partial charge in [-0.15, -0.1) is 5.47 Å². The minimum absolute atomic E-state index is 0.986. The molecular weight excluding hydrogens is 94.9 g/mol. The molecule has 2 radical (unpaired) electrons.